The Kier molecular flexibility index (Phi) is 9.04. The van der Waals surface area contributed by atoms with E-state index in [4.69, 9.17) is 4.74 Å². The van der Waals surface area contributed by atoms with Crippen molar-refractivity contribution in [2.45, 2.75) is 5.92 Å². The molecule has 2 aromatic rings. The van der Waals surface area contributed by atoms with Crippen LogP contribution < -0.4 is 51.4 Å². The van der Waals surface area contributed by atoms with Gasteiger partial charge in [-0.1, -0.05) is 60.7 Å². The number of nitrogens with zero attached hydrogens (tertiary/aromatic N) is 1. The number of hydrogen-bond acceptors (Lipinski definition) is 4. The molecule has 0 saturated heterocycles. The average Bonchev–Trinajstić information content (AvgIpc) is 2.49. The molecule has 2 aromatic carbocycles. The zero-order valence-corrected chi connectivity index (χ0v) is 16.6. The van der Waals surface area contributed by atoms with Gasteiger partial charge in [-0.25, -0.2) is 4.79 Å². The van der Waals surface area contributed by atoms with E-state index in [1.807, 2.05) is 60.7 Å². The van der Waals surface area contributed by atoms with Gasteiger partial charge >= 0.3 is 57.5 Å². The van der Waals surface area contributed by atoms with Crippen molar-refractivity contribution in [2.24, 2.45) is 0 Å². The van der Waals surface area contributed by atoms with Crippen LogP contribution in [0.1, 0.15) is 18.5 Å². The van der Waals surface area contributed by atoms with E-state index in [0.29, 0.717) is 0 Å². The van der Waals surface area contributed by atoms with Gasteiger partial charge < -0.3 is 6.16 Å². The molecule has 0 bridgehead atoms. The summed E-state index contributed by atoms with van der Waals surface area (Å²) in [5, 5.41) is 0. The van der Waals surface area contributed by atoms with Crippen molar-refractivity contribution in [1.29, 1.82) is 0 Å². The maximum absolute atomic E-state index is 11.5. The summed E-state index contributed by atoms with van der Waals surface area (Å²) in [4.78, 5) is 11.5. The summed E-state index contributed by atoms with van der Waals surface area (Å²) in [5.74, 6) is -0.0111. The third-order valence-electron chi connectivity index (χ3n) is 2.94. The molecule has 0 aliphatic rings. The molecule has 21 heavy (non-hydrogen) atoms. The summed E-state index contributed by atoms with van der Waals surface area (Å²) < 4.78 is 6.04. The zero-order chi connectivity index (χ0) is 14.4. The maximum atomic E-state index is 11.5. The molecule has 0 fully saturated rings. The molecule has 0 unspecified atom stereocenters. The Hall–Kier alpha value is 0.0464. The minimum atomic E-state index is -0.589. The predicted octanol–water partition coefficient (Wildman–Crippen LogP) is 1.06. The number of amides is 1. The molecule has 0 aliphatic heterocycles. The van der Waals surface area contributed by atoms with Gasteiger partial charge in [0.05, 0.1) is 0 Å². The first-order valence-electron chi connectivity index (χ1n) is 6.13. The Balaban J connectivity index is 0.00000220. The van der Waals surface area contributed by atoms with Crippen LogP contribution in [0.25, 0.3) is 0 Å². The number of carbonyl (C=O) groups is 1. The molecule has 2 rings (SSSR count). The van der Waals surface area contributed by atoms with Crippen LogP contribution in [-0.2, 0) is 4.74 Å². The molecule has 0 heterocycles. The van der Waals surface area contributed by atoms with Crippen LogP contribution in [-0.4, -0.2) is 16.4 Å². The van der Waals surface area contributed by atoms with E-state index in [1.165, 1.54) is 0 Å². The third-order valence-corrected chi connectivity index (χ3v) is 3.27. The molecule has 0 atom stereocenters. The molecule has 1 amide bonds. The topological polar surface area (TPSA) is 29.5 Å². The number of ether oxygens (including phenoxy) is 1. The standard InChI is InChI=1S/C15H15NO2S2.K.H/c17-15(16(19)20)18-11-14(12-7-3-1-4-8-12)13-9-5-2-6-10-13;;/h1-10,14,19-20H,11H2;;/q;+1;-1. The molecular formula is C15H16KNO2S2. The third kappa shape index (κ3) is 5.98. The molecule has 0 saturated carbocycles. The molecule has 3 nitrogen and oxygen atoms in total. The second-order valence-electron chi connectivity index (χ2n) is 4.24. The van der Waals surface area contributed by atoms with Crippen LogP contribution in [0.4, 0.5) is 4.79 Å². The minimum Gasteiger partial charge on any atom is -1.00 e. The van der Waals surface area contributed by atoms with Gasteiger partial charge in [-0.2, -0.15) is 3.71 Å². The summed E-state index contributed by atoms with van der Waals surface area (Å²) >= 11 is 7.59. The van der Waals surface area contributed by atoms with Crippen LogP contribution >= 0.6 is 25.6 Å². The van der Waals surface area contributed by atoms with Crippen LogP contribution in [0, 0.1) is 0 Å². The molecule has 6 heteroatoms. The second kappa shape index (κ2) is 9.94. The van der Waals surface area contributed by atoms with E-state index < -0.39 is 6.09 Å². The number of benzene rings is 2. The monoisotopic (exact) mass is 345 g/mol. The first-order chi connectivity index (χ1) is 9.68. The van der Waals surface area contributed by atoms with Crippen molar-refractivity contribution in [1.82, 2.24) is 3.71 Å². The van der Waals surface area contributed by atoms with Crippen molar-refractivity contribution in [3.05, 3.63) is 71.8 Å². The first kappa shape index (κ1) is 19.1. The number of hydrogen-bond donors (Lipinski definition) is 2. The summed E-state index contributed by atoms with van der Waals surface area (Å²) in [6.07, 6.45) is -0.589. The van der Waals surface area contributed by atoms with E-state index in [0.717, 1.165) is 14.8 Å². The second-order valence-corrected chi connectivity index (χ2v) is 5.36. The van der Waals surface area contributed by atoms with Gasteiger partial charge in [0, 0.05) is 5.92 Å². The van der Waals surface area contributed by atoms with Gasteiger partial charge in [0.15, 0.2) is 0 Å². The number of carbonyl (C=O) groups excluding carboxylic acids is 1. The first-order valence-corrected chi connectivity index (χ1v) is 6.93. The van der Waals surface area contributed by atoms with E-state index in [9.17, 15) is 4.79 Å². The van der Waals surface area contributed by atoms with E-state index in [1.54, 1.807) is 0 Å². The summed E-state index contributed by atoms with van der Waals surface area (Å²) in [7, 11) is 0. The Morgan fingerprint density at radius 1 is 1.00 bits per heavy atom. The molecule has 0 spiro atoms. The van der Waals surface area contributed by atoms with Gasteiger partial charge in [-0.05, 0) is 36.8 Å². The number of thiol groups is 2. The molecule has 0 radical (unpaired) electrons. The van der Waals surface area contributed by atoms with Crippen LogP contribution in [0.15, 0.2) is 60.7 Å². The van der Waals surface area contributed by atoms with Crippen molar-refractivity contribution in [2.75, 3.05) is 6.61 Å². The van der Waals surface area contributed by atoms with E-state index in [-0.39, 0.29) is 65.3 Å². The Morgan fingerprint density at radius 3 is 1.81 bits per heavy atom. The largest absolute Gasteiger partial charge is 1.00 e. The zero-order valence-electron chi connectivity index (χ0n) is 12.7. The van der Waals surface area contributed by atoms with Crippen molar-refractivity contribution in [3.8, 4) is 0 Å². The van der Waals surface area contributed by atoms with Gasteiger partial charge in [0.1, 0.15) is 6.61 Å². The van der Waals surface area contributed by atoms with Crippen LogP contribution in [0.5, 0.6) is 0 Å². The molecule has 0 aromatic heterocycles. The van der Waals surface area contributed by atoms with Gasteiger partial charge in [0.2, 0.25) is 0 Å². The van der Waals surface area contributed by atoms with E-state index in [2.05, 4.69) is 25.6 Å². The molecule has 106 valence electrons. The van der Waals surface area contributed by atoms with Crippen molar-refractivity contribution >= 4 is 31.7 Å². The summed E-state index contributed by atoms with van der Waals surface area (Å²) in [6.45, 7) is 0.241. The van der Waals surface area contributed by atoms with Crippen molar-refractivity contribution < 1.29 is 62.3 Å². The maximum Gasteiger partial charge on any atom is 1.00 e. The normalized spacial score (nSPS) is 9.86. The van der Waals surface area contributed by atoms with Gasteiger partial charge in [-0.3, -0.25) is 0 Å². The van der Waals surface area contributed by atoms with E-state index >= 15 is 0 Å². The Labute approximate surface area is 180 Å². The number of rotatable bonds is 4. The smallest absolute Gasteiger partial charge is 1.00 e. The van der Waals surface area contributed by atoms with Crippen molar-refractivity contribution in [3.63, 3.8) is 0 Å². The predicted molar refractivity (Wildman–Crippen MR) is 87.0 cm³/mol. The molecule has 0 aliphatic carbocycles. The minimum absolute atomic E-state index is 0. The molecular weight excluding hydrogens is 329 g/mol. The van der Waals surface area contributed by atoms with Crippen LogP contribution in [0.3, 0.4) is 0 Å². The average molecular weight is 346 g/mol. The fourth-order valence-corrected chi connectivity index (χ4v) is 2.08. The summed E-state index contributed by atoms with van der Waals surface area (Å²) in [6, 6.07) is 19.9. The summed E-state index contributed by atoms with van der Waals surface area (Å²) in [5.41, 5.74) is 2.19. The fraction of sp³-hybridized carbons (Fsp3) is 0.133. The molecule has 0 N–H and O–H groups in total. The van der Waals surface area contributed by atoms with Gasteiger partial charge in [0.25, 0.3) is 0 Å². The van der Waals surface area contributed by atoms with Crippen LogP contribution in [0.2, 0.25) is 0 Å². The quantitative estimate of drug-likeness (QED) is 0.641. The Morgan fingerprint density at radius 2 is 1.43 bits per heavy atom. The van der Waals surface area contributed by atoms with Gasteiger partial charge in [-0.15, -0.1) is 0 Å². The Bertz CT molecular complexity index is 518. The fourth-order valence-electron chi connectivity index (χ4n) is 1.97. The SMILES string of the molecule is O=C(OCC(c1ccccc1)c1ccccc1)N(S)S.[H-].[K+].